The highest BCUT2D eigenvalue weighted by atomic mass is 79.9. The first-order valence-electron chi connectivity index (χ1n) is 3.27. The Morgan fingerprint density at radius 3 is 2.40 bits per heavy atom. The summed E-state index contributed by atoms with van der Waals surface area (Å²) in [5, 5.41) is 0.851. The maximum absolute atomic E-state index is 5.05. The van der Waals surface area contributed by atoms with Gasteiger partial charge in [0.05, 0.1) is 6.61 Å². The van der Waals surface area contributed by atoms with Crippen LogP contribution >= 0.6 is 15.9 Å². The zero-order valence-electron chi connectivity index (χ0n) is 6.91. The highest BCUT2D eigenvalue weighted by Gasteiger charge is 2.20. The minimum absolute atomic E-state index is 0.0955. The lowest BCUT2D eigenvalue weighted by molar-refractivity contribution is 0.127. The SMILES string of the molecule is C=C(CBr)C(C)(C)COC. The summed E-state index contributed by atoms with van der Waals surface area (Å²) < 4.78 is 5.05. The van der Waals surface area contributed by atoms with E-state index in [4.69, 9.17) is 4.74 Å². The van der Waals surface area contributed by atoms with E-state index in [9.17, 15) is 0 Å². The summed E-state index contributed by atoms with van der Waals surface area (Å²) in [6.45, 7) is 8.92. The first-order chi connectivity index (χ1) is 4.54. The smallest absolute Gasteiger partial charge is 0.0550 e. The molecule has 60 valence electrons. The molecule has 0 N–H and O–H groups in total. The van der Waals surface area contributed by atoms with Gasteiger partial charge in [-0.1, -0.05) is 41.9 Å². The third kappa shape index (κ3) is 2.84. The number of halogens is 1. The molecule has 0 saturated heterocycles. The van der Waals surface area contributed by atoms with Crippen molar-refractivity contribution in [3.63, 3.8) is 0 Å². The quantitative estimate of drug-likeness (QED) is 0.508. The molecule has 0 aliphatic carbocycles. The first-order valence-corrected chi connectivity index (χ1v) is 4.40. The van der Waals surface area contributed by atoms with Gasteiger partial charge in [0.25, 0.3) is 0 Å². The number of hydrogen-bond donors (Lipinski definition) is 0. The highest BCUT2D eigenvalue weighted by Crippen LogP contribution is 2.25. The molecular weight excluding hydrogens is 192 g/mol. The summed E-state index contributed by atoms with van der Waals surface area (Å²) in [5.74, 6) is 0. The monoisotopic (exact) mass is 206 g/mol. The zero-order chi connectivity index (χ0) is 8.20. The predicted octanol–water partition coefficient (Wildman–Crippen LogP) is 2.61. The molecule has 0 aromatic rings. The Balaban J connectivity index is 3.96. The molecule has 0 aromatic heterocycles. The maximum atomic E-state index is 5.05. The van der Waals surface area contributed by atoms with Crippen LogP contribution in [0.25, 0.3) is 0 Å². The van der Waals surface area contributed by atoms with Crippen LogP contribution in [-0.4, -0.2) is 19.0 Å². The molecule has 0 aliphatic rings. The largest absolute Gasteiger partial charge is 0.384 e. The standard InChI is InChI=1S/C8H15BrO/c1-7(5-9)8(2,3)6-10-4/h1,5-6H2,2-4H3. The lowest BCUT2D eigenvalue weighted by atomic mass is 9.87. The molecule has 0 radical (unpaired) electrons. The van der Waals surface area contributed by atoms with E-state index in [1.165, 1.54) is 5.57 Å². The van der Waals surface area contributed by atoms with Gasteiger partial charge in [-0.05, 0) is 0 Å². The van der Waals surface area contributed by atoms with Crippen LogP contribution < -0.4 is 0 Å². The lowest BCUT2D eigenvalue weighted by Gasteiger charge is -2.24. The molecule has 0 spiro atoms. The van der Waals surface area contributed by atoms with Crippen molar-refractivity contribution in [3.8, 4) is 0 Å². The van der Waals surface area contributed by atoms with Gasteiger partial charge in [0, 0.05) is 17.9 Å². The molecule has 0 heterocycles. The molecule has 10 heavy (non-hydrogen) atoms. The predicted molar refractivity (Wildman–Crippen MR) is 48.6 cm³/mol. The van der Waals surface area contributed by atoms with E-state index >= 15 is 0 Å². The van der Waals surface area contributed by atoms with Crippen molar-refractivity contribution in [2.45, 2.75) is 13.8 Å². The Morgan fingerprint density at radius 2 is 2.10 bits per heavy atom. The lowest BCUT2D eigenvalue weighted by Crippen LogP contribution is -2.21. The number of hydrogen-bond acceptors (Lipinski definition) is 1. The van der Waals surface area contributed by atoms with Gasteiger partial charge in [0.1, 0.15) is 0 Å². The second kappa shape index (κ2) is 4.14. The van der Waals surface area contributed by atoms with Gasteiger partial charge in [-0.15, -0.1) is 0 Å². The Kier molecular flexibility index (Phi) is 4.22. The van der Waals surface area contributed by atoms with Gasteiger partial charge in [-0.3, -0.25) is 0 Å². The Hall–Kier alpha value is 0.180. The fourth-order valence-electron chi connectivity index (χ4n) is 0.644. The van der Waals surface area contributed by atoms with Gasteiger partial charge in [-0.25, -0.2) is 0 Å². The normalized spacial score (nSPS) is 11.6. The zero-order valence-corrected chi connectivity index (χ0v) is 8.49. The molecule has 0 bridgehead atoms. The van der Waals surface area contributed by atoms with E-state index in [0.29, 0.717) is 0 Å². The molecule has 0 rings (SSSR count). The van der Waals surface area contributed by atoms with Crippen LogP contribution in [0.1, 0.15) is 13.8 Å². The molecule has 0 saturated carbocycles. The number of alkyl halides is 1. The number of methoxy groups -OCH3 is 1. The van der Waals surface area contributed by atoms with Crippen molar-refractivity contribution >= 4 is 15.9 Å². The molecule has 0 unspecified atom stereocenters. The van der Waals surface area contributed by atoms with Crippen molar-refractivity contribution in [1.29, 1.82) is 0 Å². The van der Waals surface area contributed by atoms with Crippen molar-refractivity contribution < 1.29 is 4.74 Å². The number of ether oxygens (including phenoxy) is 1. The Morgan fingerprint density at radius 1 is 1.60 bits per heavy atom. The van der Waals surface area contributed by atoms with E-state index in [0.717, 1.165) is 11.9 Å². The topological polar surface area (TPSA) is 9.23 Å². The summed E-state index contributed by atoms with van der Waals surface area (Å²) in [5.41, 5.74) is 1.27. The minimum Gasteiger partial charge on any atom is -0.384 e. The second-order valence-corrected chi connectivity index (χ2v) is 3.61. The minimum atomic E-state index is 0.0955. The third-order valence-corrected chi connectivity index (χ3v) is 2.30. The van der Waals surface area contributed by atoms with E-state index in [1.807, 2.05) is 0 Å². The summed E-state index contributed by atoms with van der Waals surface area (Å²) in [6.07, 6.45) is 0. The summed E-state index contributed by atoms with van der Waals surface area (Å²) in [6, 6.07) is 0. The van der Waals surface area contributed by atoms with Crippen LogP contribution in [0, 0.1) is 5.41 Å². The maximum Gasteiger partial charge on any atom is 0.0550 e. The third-order valence-electron chi connectivity index (χ3n) is 1.62. The van der Waals surface area contributed by atoms with Crippen LogP contribution in [0.15, 0.2) is 12.2 Å². The summed E-state index contributed by atoms with van der Waals surface area (Å²) in [7, 11) is 1.71. The Labute approximate surface area is 71.6 Å². The van der Waals surface area contributed by atoms with Crippen LogP contribution in [-0.2, 0) is 4.74 Å². The van der Waals surface area contributed by atoms with Gasteiger partial charge >= 0.3 is 0 Å². The average Bonchev–Trinajstić information content (AvgIpc) is 1.86. The van der Waals surface area contributed by atoms with Crippen LogP contribution in [0.2, 0.25) is 0 Å². The van der Waals surface area contributed by atoms with Crippen molar-refractivity contribution in [2.75, 3.05) is 19.0 Å². The van der Waals surface area contributed by atoms with Crippen molar-refractivity contribution in [3.05, 3.63) is 12.2 Å². The second-order valence-electron chi connectivity index (χ2n) is 3.05. The van der Waals surface area contributed by atoms with E-state index in [1.54, 1.807) is 7.11 Å². The van der Waals surface area contributed by atoms with Crippen LogP contribution in [0.5, 0.6) is 0 Å². The fraction of sp³-hybridized carbons (Fsp3) is 0.750. The summed E-state index contributed by atoms with van der Waals surface area (Å²) >= 11 is 3.37. The highest BCUT2D eigenvalue weighted by molar-refractivity contribution is 9.09. The summed E-state index contributed by atoms with van der Waals surface area (Å²) in [4.78, 5) is 0. The van der Waals surface area contributed by atoms with Crippen LogP contribution in [0.3, 0.4) is 0 Å². The van der Waals surface area contributed by atoms with Crippen molar-refractivity contribution in [1.82, 2.24) is 0 Å². The van der Waals surface area contributed by atoms with Crippen molar-refractivity contribution in [2.24, 2.45) is 5.41 Å². The molecule has 1 nitrogen and oxygen atoms in total. The average molecular weight is 207 g/mol. The fourth-order valence-corrected chi connectivity index (χ4v) is 1.40. The molecule has 0 amide bonds. The van der Waals surface area contributed by atoms with Crippen LogP contribution in [0.4, 0.5) is 0 Å². The van der Waals surface area contributed by atoms with E-state index in [-0.39, 0.29) is 5.41 Å². The van der Waals surface area contributed by atoms with E-state index in [2.05, 4.69) is 36.4 Å². The molecule has 0 fully saturated rings. The molecule has 2 heteroatoms. The first kappa shape index (κ1) is 10.2. The molecule has 0 aliphatic heterocycles. The molecule has 0 atom stereocenters. The molecule has 0 aromatic carbocycles. The van der Waals surface area contributed by atoms with Gasteiger partial charge in [0.15, 0.2) is 0 Å². The van der Waals surface area contributed by atoms with Gasteiger partial charge < -0.3 is 4.74 Å². The van der Waals surface area contributed by atoms with Gasteiger partial charge in [0.2, 0.25) is 0 Å². The number of rotatable bonds is 4. The van der Waals surface area contributed by atoms with E-state index < -0.39 is 0 Å². The Bertz CT molecular complexity index is 118. The molecular formula is C8H15BrO. The van der Waals surface area contributed by atoms with Gasteiger partial charge in [-0.2, -0.15) is 0 Å².